The van der Waals surface area contributed by atoms with Crippen LogP contribution in [0.1, 0.15) is 16.2 Å². The number of rotatable bonds is 2. The number of hydrogen-bond acceptors (Lipinski definition) is 6. The summed E-state index contributed by atoms with van der Waals surface area (Å²) in [6, 6.07) is 4.24. The standard InChI is InChI=1S/C15H8F3N7O2/c16-15(17,18)13-21-14-20-7-9-10(25(14)23-13)3-6-24(12(9)27)22-11(26)8-1-4-19-5-2-8/h1-7H,(H,22,26). The summed E-state index contributed by atoms with van der Waals surface area (Å²) in [7, 11) is 0. The Kier molecular flexibility index (Phi) is 3.61. The van der Waals surface area contributed by atoms with Crippen LogP contribution in [0.4, 0.5) is 13.2 Å². The first kappa shape index (κ1) is 16.6. The molecule has 0 bridgehead atoms. The average molecular weight is 375 g/mol. The fourth-order valence-electron chi connectivity index (χ4n) is 2.40. The van der Waals surface area contributed by atoms with E-state index in [0.29, 0.717) is 0 Å². The van der Waals surface area contributed by atoms with Gasteiger partial charge in [0.05, 0.1) is 10.9 Å². The van der Waals surface area contributed by atoms with Crippen LogP contribution in [-0.2, 0) is 6.18 Å². The van der Waals surface area contributed by atoms with Crippen LogP contribution < -0.4 is 11.0 Å². The van der Waals surface area contributed by atoms with Crippen molar-refractivity contribution >= 4 is 22.6 Å². The molecule has 0 saturated heterocycles. The lowest BCUT2D eigenvalue weighted by Crippen LogP contribution is -2.33. The molecule has 12 heteroatoms. The number of pyridine rings is 2. The summed E-state index contributed by atoms with van der Waals surface area (Å²) < 4.78 is 40.1. The van der Waals surface area contributed by atoms with E-state index in [-0.39, 0.29) is 22.2 Å². The quantitative estimate of drug-likeness (QED) is 0.565. The van der Waals surface area contributed by atoms with Crippen LogP contribution in [0, 0.1) is 0 Å². The maximum Gasteiger partial charge on any atom is 0.453 e. The molecule has 9 nitrogen and oxygen atoms in total. The summed E-state index contributed by atoms with van der Waals surface area (Å²) in [5.41, 5.74) is 2.04. The minimum Gasteiger partial charge on any atom is -0.267 e. The predicted molar refractivity (Wildman–Crippen MR) is 85.5 cm³/mol. The van der Waals surface area contributed by atoms with Crippen molar-refractivity contribution in [3.63, 3.8) is 0 Å². The van der Waals surface area contributed by atoms with E-state index in [1.54, 1.807) is 0 Å². The zero-order valence-corrected chi connectivity index (χ0v) is 13.2. The van der Waals surface area contributed by atoms with E-state index in [0.717, 1.165) is 15.4 Å². The maximum absolute atomic E-state index is 12.8. The van der Waals surface area contributed by atoms with Gasteiger partial charge in [-0.25, -0.2) is 9.66 Å². The van der Waals surface area contributed by atoms with Crippen LogP contribution in [0.15, 0.2) is 47.8 Å². The highest BCUT2D eigenvalue weighted by Gasteiger charge is 2.36. The summed E-state index contributed by atoms with van der Waals surface area (Å²) >= 11 is 0. The maximum atomic E-state index is 12.8. The summed E-state index contributed by atoms with van der Waals surface area (Å²) in [5, 5.41) is 3.32. The monoisotopic (exact) mass is 375 g/mol. The summed E-state index contributed by atoms with van der Waals surface area (Å²) in [6.07, 6.45) is 0.381. The lowest BCUT2D eigenvalue weighted by Gasteiger charge is -2.09. The molecule has 0 saturated carbocycles. The molecule has 0 aromatic carbocycles. The Labute approximate surface area is 147 Å². The first-order valence-corrected chi connectivity index (χ1v) is 7.40. The highest BCUT2D eigenvalue weighted by atomic mass is 19.4. The van der Waals surface area contributed by atoms with E-state index in [4.69, 9.17) is 0 Å². The van der Waals surface area contributed by atoms with Gasteiger partial charge in [-0.3, -0.25) is 20.0 Å². The van der Waals surface area contributed by atoms with Crippen LogP contribution in [-0.4, -0.2) is 35.1 Å². The molecule has 4 heterocycles. The van der Waals surface area contributed by atoms with Crippen molar-refractivity contribution in [2.24, 2.45) is 0 Å². The minimum absolute atomic E-state index is 0.0429. The van der Waals surface area contributed by atoms with Crippen molar-refractivity contribution in [2.75, 3.05) is 5.43 Å². The number of hydrogen-bond donors (Lipinski definition) is 1. The van der Waals surface area contributed by atoms with Gasteiger partial charge in [0, 0.05) is 30.4 Å². The van der Waals surface area contributed by atoms with Crippen molar-refractivity contribution < 1.29 is 18.0 Å². The third kappa shape index (κ3) is 2.86. The van der Waals surface area contributed by atoms with E-state index in [1.165, 1.54) is 36.8 Å². The molecule has 4 aromatic rings. The molecule has 4 aromatic heterocycles. The van der Waals surface area contributed by atoms with Gasteiger partial charge in [-0.2, -0.15) is 22.7 Å². The Morgan fingerprint density at radius 2 is 1.89 bits per heavy atom. The van der Waals surface area contributed by atoms with Crippen LogP contribution in [0.2, 0.25) is 0 Å². The van der Waals surface area contributed by atoms with Crippen LogP contribution in [0.5, 0.6) is 0 Å². The fraction of sp³-hybridized carbons (Fsp3) is 0.0667. The molecule has 136 valence electrons. The molecule has 0 fully saturated rings. The van der Waals surface area contributed by atoms with Crippen molar-refractivity contribution in [3.05, 3.63) is 64.7 Å². The van der Waals surface area contributed by atoms with Crippen LogP contribution in [0.25, 0.3) is 16.7 Å². The molecule has 1 N–H and O–H groups in total. The molecule has 0 spiro atoms. The molecule has 1 amide bonds. The van der Waals surface area contributed by atoms with Crippen molar-refractivity contribution in [1.29, 1.82) is 0 Å². The number of fused-ring (bicyclic) bond motifs is 3. The van der Waals surface area contributed by atoms with Crippen molar-refractivity contribution in [3.8, 4) is 0 Å². The topological polar surface area (TPSA) is 107 Å². The number of alkyl halides is 3. The molecule has 0 atom stereocenters. The normalized spacial score (nSPS) is 11.8. The zero-order chi connectivity index (χ0) is 19.2. The van der Waals surface area contributed by atoms with Gasteiger partial charge >= 0.3 is 6.18 Å². The minimum atomic E-state index is -4.74. The summed E-state index contributed by atoms with van der Waals surface area (Å²) in [4.78, 5) is 35.5. The molecule has 0 aliphatic rings. The van der Waals surface area contributed by atoms with Gasteiger partial charge < -0.3 is 0 Å². The van der Waals surface area contributed by atoms with E-state index in [9.17, 15) is 22.8 Å². The molecule has 0 aliphatic carbocycles. The van der Waals surface area contributed by atoms with Crippen molar-refractivity contribution in [1.82, 2.24) is 29.2 Å². The molecule has 0 aliphatic heterocycles. The predicted octanol–water partition coefficient (Wildman–Crippen LogP) is 1.24. The van der Waals surface area contributed by atoms with Crippen LogP contribution in [0.3, 0.4) is 0 Å². The van der Waals surface area contributed by atoms with Gasteiger partial charge in [0.1, 0.15) is 0 Å². The highest BCUT2D eigenvalue weighted by Crippen LogP contribution is 2.26. The SMILES string of the molecule is O=C(Nn1ccc2c(cnc3nc(C(F)(F)F)nn32)c1=O)c1ccncc1. The van der Waals surface area contributed by atoms with Crippen LogP contribution >= 0.6 is 0 Å². The van der Waals surface area contributed by atoms with E-state index in [2.05, 4.69) is 25.5 Å². The average Bonchev–Trinajstić information content (AvgIpc) is 3.10. The summed E-state index contributed by atoms with van der Waals surface area (Å²) in [5.74, 6) is -2.22. The second kappa shape index (κ2) is 5.86. The second-order valence-corrected chi connectivity index (χ2v) is 5.37. The number of amides is 1. The Balaban J connectivity index is 1.79. The molecule has 4 rings (SSSR count). The lowest BCUT2D eigenvalue weighted by atomic mass is 10.2. The number of carbonyl (C=O) groups is 1. The molecule has 0 unspecified atom stereocenters. The smallest absolute Gasteiger partial charge is 0.267 e. The summed E-state index contributed by atoms with van der Waals surface area (Å²) in [6.45, 7) is 0. The molecular weight excluding hydrogens is 367 g/mol. The first-order chi connectivity index (χ1) is 12.8. The van der Waals surface area contributed by atoms with Gasteiger partial charge in [-0.05, 0) is 18.2 Å². The molecular formula is C15H8F3N7O2. The second-order valence-electron chi connectivity index (χ2n) is 5.37. The van der Waals surface area contributed by atoms with E-state index in [1.807, 2.05) is 0 Å². The zero-order valence-electron chi connectivity index (χ0n) is 13.2. The van der Waals surface area contributed by atoms with Gasteiger partial charge in [0.15, 0.2) is 0 Å². The number of halogens is 3. The number of aromatic nitrogens is 6. The Hall–Kier alpha value is -3.83. The van der Waals surface area contributed by atoms with Gasteiger partial charge in [0.25, 0.3) is 23.1 Å². The number of nitrogens with one attached hydrogen (secondary N) is 1. The lowest BCUT2D eigenvalue weighted by molar-refractivity contribution is -0.144. The van der Waals surface area contributed by atoms with E-state index < -0.39 is 23.5 Å². The van der Waals surface area contributed by atoms with Crippen molar-refractivity contribution in [2.45, 2.75) is 6.18 Å². The van der Waals surface area contributed by atoms with Gasteiger partial charge in [0.2, 0.25) is 0 Å². The van der Waals surface area contributed by atoms with E-state index >= 15 is 0 Å². The van der Waals surface area contributed by atoms with Gasteiger partial charge in [-0.1, -0.05) is 0 Å². The largest absolute Gasteiger partial charge is 0.453 e. The molecule has 0 radical (unpaired) electrons. The number of carbonyl (C=O) groups excluding carboxylic acids is 1. The van der Waals surface area contributed by atoms with Gasteiger partial charge in [-0.15, -0.1) is 5.10 Å². The first-order valence-electron chi connectivity index (χ1n) is 7.40. The number of nitrogens with zero attached hydrogens (tertiary/aromatic N) is 6. The Morgan fingerprint density at radius 3 is 2.59 bits per heavy atom. The Morgan fingerprint density at radius 1 is 1.15 bits per heavy atom. The fourth-order valence-corrected chi connectivity index (χ4v) is 2.40. The highest BCUT2D eigenvalue weighted by molar-refractivity contribution is 5.99. The molecule has 27 heavy (non-hydrogen) atoms. The third-order valence-corrected chi connectivity index (χ3v) is 3.65. The third-order valence-electron chi connectivity index (χ3n) is 3.65. The Bertz CT molecular complexity index is 1230.